The maximum atomic E-state index is 9.08. The van der Waals surface area contributed by atoms with E-state index in [2.05, 4.69) is 43.4 Å². The quantitative estimate of drug-likeness (QED) is 0.780. The standard InChI is InChI=1S/C21H16N6/c22-9-14-1-2-16-12-27(13-18(16)7-14)21-24-6-5-20(26-21)25-19-4-3-15-10-23-11-17(15)8-19/h1-8,11H,10,12-13H2,(H,24,25,26). The van der Waals surface area contributed by atoms with E-state index in [4.69, 9.17) is 5.26 Å². The van der Waals surface area contributed by atoms with E-state index in [0.29, 0.717) is 18.1 Å². The number of benzene rings is 2. The lowest BCUT2D eigenvalue weighted by molar-refractivity contribution is 0.829. The number of fused-ring (bicyclic) bond motifs is 2. The summed E-state index contributed by atoms with van der Waals surface area (Å²) in [4.78, 5) is 15.5. The number of anilines is 3. The van der Waals surface area contributed by atoms with E-state index in [1.165, 1.54) is 11.1 Å². The van der Waals surface area contributed by atoms with Crippen molar-refractivity contribution in [2.45, 2.75) is 19.6 Å². The van der Waals surface area contributed by atoms with Crippen LogP contribution >= 0.6 is 0 Å². The fraction of sp³-hybridized carbons (Fsp3) is 0.143. The molecule has 2 aliphatic rings. The summed E-state index contributed by atoms with van der Waals surface area (Å²) in [6.45, 7) is 2.22. The van der Waals surface area contributed by atoms with Crippen LogP contribution in [-0.2, 0) is 19.6 Å². The van der Waals surface area contributed by atoms with Gasteiger partial charge in [-0.1, -0.05) is 12.1 Å². The van der Waals surface area contributed by atoms with Crippen molar-refractivity contribution < 1.29 is 0 Å². The smallest absolute Gasteiger partial charge is 0.227 e. The molecule has 0 spiro atoms. The molecule has 2 aromatic carbocycles. The first-order chi connectivity index (χ1) is 13.3. The van der Waals surface area contributed by atoms with Crippen LogP contribution in [0.25, 0.3) is 0 Å². The van der Waals surface area contributed by atoms with Gasteiger partial charge in [-0.25, -0.2) is 4.98 Å². The lowest BCUT2D eigenvalue weighted by atomic mass is 10.1. The van der Waals surface area contributed by atoms with Crippen LogP contribution < -0.4 is 10.2 Å². The molecule has 6 heteroatoms. The molecule has 0 bridgehead atoms. The summed E-state index contributed by atoms with van der Waals surface area (Å²) in [7, 11) is 0. The Morgan fingerprint density at radius 3 is 2.81 bits per heavy atom. The number of hydrogen-bond acceptors (Lipinski definition) is 6. The Bertz CT molecular complexity index is 1110. The molecule has 0 saturated carbocycles. The third-order valence-electron chi connectivity index (χ3n) is 4.89. The van der Waals surface area contributed by atoms with Gasteiger partial charge in [-0.2, -0.15) is 10.2 Å². The maximum absolute atomic E-state index is 9.08. The van der Waals surface area contributed by atoms with Gasteiger partial charge in [0.15, 0.2) is 0 Å². The molecule has 0 amide bonds. The highest BCUT2D eigenvalue weighted by Gasteiger charge is 2.21. The molecule has 1 aromatic heterocycles. The van der Waals surface area contributed by atoms with E-state index < -0.39 is 0 Å². The molecule has 3 aromatic rings. The van der Waals surface area contributed by atoms with E-state index in [9.17, 15) is 0 Å². The lowest BCUT2D eigenvalue weighted by Crippen LogP contribution is -2.17. The van der Waals surface area contributed by atoms with Crippen molar-refractivity contribution in [3.63, 3.8) is 0 Å². The van der Waals surface area contributed by atoms with E-state index >= 15 is 0 Å². The monoisotopic (exact) mass is 352 g/mol. The number of hydrogen-bond donors (Lipinski definition) is 1. The minimum atomic E-state index is 0.678. The highest BCUT2D eigenvalue weighted by molar-refractivity contribution is 5.86. The van der Waals surface area contributed by atoms with Crippen molar-refractivity contribution >= 4 is 23.7 Å². The summed E-state index contributed by atoms with van der Waals surface area (Å²) < 4.78 is 0. The van der Waals surface area contributed by atoms with Gasteiger partial charge in [-0.15, -0.1) is 0 Å². The van der Waals surface area contributed by atoms with Crippen LogP contribution in [-0.4, -0.2) is 16.2 Å². The zero-order valence-electron chi connectivity index (χ0n) is 14.6. The summed E-state index contributed by atoms with van der Waals surface area (Å²) >= 11 is 0. The minimum Gasteiger partial charge on any atom is -0.340 e. The summed E-state index contributed by atoms with van der Waals surface area (Å²) in [6.07, 6.45) is 3.67. The van der Waals surface area contributed by atoms with E-state index in [0.717, 1.165) is 35.7 Å². The average Bonchev–Trinajstić information content (AvgIpc) is 3.33. The number of nitrogens with zero attached hydrogens (tertiary/aromatic N) is 5. The molecule has 0 saturated heterocycles. The number of nitriles is 1. The molecule has 5 rings (SSSR count). The largest absolute Gasteiger partial charge is 0.340 e. The molecule has 1 N–H and O–H groups in total. The summed E-state index contributed by atoms with van der Waals surface area (Å²) in [6, 6.07) is 16.1. The second-order valence-corrected chi connectivity index (χ2v) is 6.70. The third kappa shape index (κ3) is 2.89. The Morgan fingerprint density at radius 1 is 1.00 bits per heavy atom. The van der Waals surface area contributed by atoms with E-state index in [1.807, 2.05) is 36.5 Å². The van der Waals surface area contributed by atoms with Crippen LogP contribution in [0.4, 0.5) is 17.5 Å². The van der Waals surface area contributed by atoms with Gasteiger partial charge in [0.25, 0.3) is 0 Å². The minimum absolute atomic E-state index is 0.678. The number of aliphatic imine (C=N–C) groups is 1. The Kier molecular flexibility index (Phi) is 3.58. The lowest BCUT2D eigenvalue weighted by Gasteiger charge is -2.16. The molecular weight excluding hydrogens is 336 g/mol. The van der Waals surface area contributed by atoms with Gasteiger partial charge in [0.2, 0.25) is 5.95 Å². The third-order valence-corrected chi connectivity index (χ3v) is 4.89. The van der Waals surface area contributed by atoms with Crippen LogP contribution in [0.15, 0.2) is 53.7 Å². The van der Waals surface area contributed by atoms with Crippen molar-refractivity contribution in [1.82, 2.24) is 9.97 Å². The maximum Gasteiger partial charge on any atom is 0.227 e. The van der Waals surface area contributed by atoms with Crippen LogP contribution in [0.3, 0.4) is 0 Å². The van der Waals surface area contributed by atoms with Crippen molar-refractivity contribution in [3.05, 3.63) is 76.5 Å². The summed E-state index contributed by atoms with van der Waals surface area (Å²) in [5.74, 6) is 1.43. The topological polar surface area (TPSA) is 77.2 Å². The molecular formula is C21H16N6. The van der Waals surface area contributed by atoms with Gasteiger partial charge in [-0.05, 0) is 52.6 Å². The molecule has 0 radical (unpaired) electrons. The number of aromatic nitrogens is 2. The Labute approximate surface area is 156 Å². The van der Waals surface area contributed by atoms with Crippen molar-refractivity contribution in [1.29, 1.82) is 5.26 Å². The predicted octanol–water partition coefficient (Wildman–Crippen LogP) is 3.54. The first-order valence-corrected chi connectivity index (χ1v) is 8.78. The second kappa shape index (κ2) is 6.22. The molecule has 27 heavy (non-hydrogen) atoms. The molecule has 3 heterocycles. The Balaban J connectivity index is 1.37. The van der Waals surface area contributed by atoms with Crippen LogP contribution in [0, 0.1) is 11.3 Å². The van der Waals surface area contributed by atoms with Crippen LogP contribution in [0.5, 0.6) is 0 Å². The fourth-order valence-corrected chi connectivity index (χ4v) is 3.50. The normalized spacial score (nSPS) is 14.0. The summed E-state index contributed by atoms with van der Waals surface area (Å²) in [5.41, 5.74) is 6.44. The molecule has 0 atom stereocenters. The van der Waals surface area contributed by atoms with Gasteiger partial charge in [0, 0.05) is 31.2 Å². The van der Waals surface area contributed by atoms with Gasteiger partial charge in [0.05, 0.1) is 18.2 Å². The highest BCUT2D eigenvalue weighted by Crippen LogP contribution is 2.28. The van der Waals surface area contributed by atoms with Crippen LogP contribution in [0.1, 0.15) is 27.8 Å². The molecule has 2 aliphatic heterocycles. The highest BCUT2D eigenvalue weighted by atomic mass is 15.3. The summed E-state index contributed by atoms with van der Waals surface area (Å²) in [5, 5.41) is 12.4. The molecule has 6 nitrogen and oxygen atoms in total. The average molecular weight is 352 g/mol. The van der Waals surface area contributed by atoms with E-state index in [1.54, 1.807) is 6.20 Å². The van der Waals surface area contributed by atoms with Gasteiger partial charge >= 0.3 is 0 Å². The Morgan fingerprint density at radius 2 is 1.89 bits per heavy atom. The van der Waals surface area contributed by atoms with Gasteiger partial charge in [-0.3, -0.25) is 4.99 Å². The fourth-order valence-electron chi connectivity index (χ4n) is 3.50. The molecule has 130 valence electrons. The van der Waals surface area contributed by atoms with E-state index in [-0.39, 0.29) is 0 Å². The van der Waals surface area contributed by atoms with Gasteiger partial charge < -0.3 is 10.2 Å². The Hall–Kier alpha value is -3.72. The van der Waals surface area contributed by atoms with Gasteiger partial charge in [0.1, 0.15) is 5.82 Å². The molecule has 0 aliphatic carbocycles. The van der Waals surface area contributed by atoms with Crippen molar-refractivity contribution in [3.8, 4) is 6.07 Å². The first kappa shape index (κ1) is 15.5. The molecule has 0 fully saturated rings. The number of nitrogens with one attached hydrogen (secondary N) is 1. The second-order valence-electron chi connectivity index (χ2n) is 6.70. The predicted molar refractivity (Wildman–Crippen MR) is 104 cm³/mol. The molecule has 0 unspecified atom stereocenters. The zero-order chi connectivity index (χ0) is 18.2. The SMILES string of the molecule is N#Cc1ccc2c(c1)CN(c1nccc(Nc3ccc4c(c3)C=NC4)n1)C2. The van der Waals surface area contributed by atoms with Crippen molar-refractivity contribution in [2.75, 3.05) is 10.2 Å². The first-order valence-electron chi connectivity index (χ1n) is 8.78. The zero-order valence-corrected chi connectivity index (χ0v) is 14.6. The number of rotatable bonds is 3. The van der Waals surface area contributed by atoms with Crippen LogP contribution in [0.2, 0.25) is 0 Å². The van der Waals surface area contributed by atoms with Crippen molar-refractivity contribution in [2.24, 2.45) is 4.99 Å².